The van der Waals surface area contributed by atoms with E-state index in [0.717, 1.165) is 0 Å². The zero-order valence-corrected chi connectivity index (χ0v) is 20.1. The van der Waals surface area contributed by atoms with E-state index in [2.05, 4.69) is 0 Å². The van der Waals surface area contributed by atoms with E-state index >= 15 is 0 Å². The van der Waals surface area contributed by atoms with E-state index in [1.807, 2.05) is 41.5 Å². The van der Waals surface area contributed by atoms with Crippen LogP contribution in [-0.4, -0.2) is 60.3 Å². The summed E-state index contributed by atoms with van der Waals surface area (Å²) in [6.45, 7) is 11.2. The standard InChI is InChI=1S/C24H40O7/c1-14-15(12-25)23-9-8-19(30-13-29-7)24(23,28)11-18(26)22(5,6)17(23)10-16(14)31-20(27)21(2,3)4/h14-17,19,25,28H,8-13H2,1-7H3/t14-,15-,16-,17-,19+,23-,24-/m0/s1. The minimum atomic E-state index is -1.39. The van der Waals surface area contributed by atoms with Crippen molar-refractivity contribution in [2.45, 2.75) is 85.0 Å². The summed E-state index contributed by atoms with van der Waals surface area (Å²) in [5.41, 5.74) is -3.43. The highest BCUT2D eigenvalue weighted by atomic mass is 16.7. The molecule has 0 aromatic carbocycles. The molecule has 0 aromatic rings. The second kappa shape index (κ2) is 8.08. The molecule has 3 aliphatic rings. The van der Waals surface area contributed by atoms with Crippen LogP contribution in [0.2, 0.25) is 0 Å². The van der Waals surface area contributed by atoms with Gasteiger partial charge in [-0.15, -0.1) is 0 Å². The van der Waals surface area contributed by atoms with Gasteiger partial charge in [0.1, 0.15) is 24.3 Å². The molecule has 178 valence electrons. The Morgan fingerprint density at radius 1 is 1.26 bits per heavy atom. The SMILES string of the molecule is COCO[C@@H]1CC[C@]23[C@@H](CO)[C@H](C)[C@@H](OC(=O)C(C)(C)C)C[C@H]2C(C)(C)C(=O)C[C@]13O. The van der Waals surface area contributed by atoms with Gasteiger partial charge in [-0.05, 0) is 57.8 Å². The Morgan fingerprint density at radius 2 is 1.90 bits per heavy atom. The van der Waals surface area contributed by atoms with Gasteiger partial charge >= 0.3 is 5.97 Å². The van der Waals surface area contributed by atoms with Crippen molar-refractivity contribution >= 4 is 11.8 Å². The van der Waals surface area contributed by atoms with Gasteiger partial charge in [0.05, 0.1) is 11.5 Å². The fourth-order valence-electron chi connectivity index (χ4n) is 6.81. The first-order valence-corrected chi connectivity index (χ1v) is 11.5. The molecule has 0 aromatic heterocycles. The Morgan fingerprint density at radius 3 is 2.45 bits per heavy atom. The molecule has 7 atom stereocenters. The lowest BCUT2D eigenvalue weighted by molar-refractivity contribution is -0.263. The molecule has 0 heterocycles. The molecule has 31 heavy (non-hydrogen) atoms. The first-order chi connectivity index (χ1) is 14.3. The van der Waals surface area contributed by atoms with E-state index in [0.29, 0.717) is 19.3 Å². The number of ether oxygens (including phenoxy) is 3. The summed E-state index contributed by atoms with van der Waals surface area (Å²) in [6.07, 6.45) is 0.764. The second-order valence-electron chi connectivity index (χ2n) is 11.5. The molecule has 7 nitrogen and oxygen atoms in total. The van der Waals surface area contributed by atoms with E-state index < -0.39 is 34.1 Å². The number of methoxy groups -OCH3 is 1. The fourth-order valence-corrected chi connectivity index (χ4v) is 6.81. The average Bonchev–Trinajstić information content (AvgIpc) is 2.94. The third kappa shape index (κ3) is 3.56. The van der Waals surface area contributed by atoms with E-state index in [9.17, 15) is 19.8 Å². The van der Waals surface area contributed by atoms with Gasteiger partial charge in [-0.2, -0.15) is 0 Å². The predicted octanol–water partition coefficient (Wildman–Crippen LogP) is 2.71. The molecule has 3 fully saturated rings. The number of esters is 1. The maximum Gasteiger partial charge on any atom is 0.311 e. The molecular formula is C24H40O7. The second-order valence-corrected chi connectivity index (χ2v) is 11.5. The molecule has 0 amide bonds. The lowest BCUT2D eigenvalue weighted by Crippen LogP contribution is -2.71. The van der Waals surface area contributed by atoms with Crippen molar-refractivity contribution in [1.82, 2.24) is 0 Å². The molecular weight excluding hydrogens is 400 g/mol. The summed E-state index contributed by atoms with van der Waals surface area (Å²) in [5, 5.41) is 22.6. The van der Waals surface area contributed by atoms with Crippen LogP contribution in [0.15, 0.2) is 0 Å². The van der Waals surface area contributed by atoms with Crippen LogP contribution in [0, 0.1) is 34.0 Å². The summed E-state index contributed by atoms with van der Waals surface area (Å²) in [5.74, 6) is -1.04. The molecule has 0 radical (unpaired) electrons. The molecule has 0 bridgehead atoms. The topological polar surface area (TPSA) is 102 Å². The van der Waals surface area contributed by atoms with Crippen molar-refractivity contribution in [3.63, 3.8) is 0 Å². The summed E-state index contributed by atoms with van der Waals surface area (Å²) < 4.78 is 16.9. The molecule has 0 unspecified atom stereocenters. The van der Waals surface area contributed by atoms with E-state index in [4.69, 9.17) is 14.2 Å². The minimum absolute atomic E-state index is 0.000542. The van der Waals surface area contributed by atoms with E-state index in [-0.39, 0.29) is 49.3 Å². The Kier molecular flexibility index (Phi) is 6.42. The smallest absolute Gasteiger partial charge is 0.311 e. The molecule has 3 rings (SSSR count). The maximum atomic E-state index is 13.3. The number of hydrogen-bond donors (Lipinski definition) is 2. The Labute approximate surface area is 185 Å². The molecule has 3 saturated carbocycles. The molecule has 0 saturated heterocycles. The van der Waals surface area contributed by atoms with E-state index in [1.54, 1.807) is 0 Å². The largest absolute Gasteiger partial charge is 0.462 e. The first-order valence-electron chi connectivity index (χ1n) is 11.5. The molecule has 3 aliphatic carbocycles. The van der Waals surface area contributed by atoms with Crippen molar-refractivity contribution in [2.24, 2.45) is 34.0 Å². The number of Topliss-reactive ketones (excluding diaryl/α,β-unsaturated/α-hetero) is 1. The van der Waals surface area contributed by atoms with Gasteiger partial charge in [-0.1, -0.05) is 20.8 Å². The van der Waals surface area contributed by atoms with Crippen LogP contribution in [-0.2, 0) is 23.8 Å². The normalized spacial score (nSPS) is 42.1. The number of aliphatic hydroxyl groups excluding tert-OH is 1. The number of rotatable bonds is 5. The summed E-state index contributed by atoms with van der Waals surface area (Å²) in [4.78, 5) is 26.0. The van der Waals surface area contributed by atoms with Crippen LogP contribution in [0.5, 0.6) is 0 Å². The first kappa shape index (κ1) is 24.6. The van der Waals surface area contributed by atoms with Gasteiger partial charge in [0.15, 0.2) is 0 Å². The van der Waals surface area contributed by atoms with Crippen LogP contribution >= 0.6 is 0 Å². The Bertz CT molecular complexity index is 711. The van der Waals surface area contributed by atoms with Gasteiger partial charge in [0.2, 0.25) is 0 Å². The third-order valence-electron chi connectivity index (χ3n) is 8.61. The van der Waals surface area contributed by atoms with Gasteiger partial charge in [-0.25, -0.2) is 0 Å². The molecule has 1 spiro atoms. The van der Waals surface area contributed by atoms with Gasteiger partial charge < -0.3 is 24.4 Å². The van der Waals surface area contributed by atoms with Gasteiger partial charge in [0.25, 0.3) is 0 Å². The summed E-state index contributed by atoms with van der Waals surface area (Å²) in [6, 6.07) is 0. The lowest BCUT2D eigenvalue weighted by Gasteiger charge is -2.65. The van der Waals surface area contributed by atoms with Crippen molar-refractivity contribution < 1.29 is 34.0 Å². The molecule has 2 N–H and O–H groups in total. The number of hydrogen-bond acceptors (Lipinski definition) is 7. The van der Waals surface area contributed by atoms with Crippen molar-refractivity contribution in [3.05, 3.63) is 0 Å². The minimum Gasteiger partial charge on any atom is -0.462 e. The molecule has 7 heteroatoms. The quantitative estimate of drug-likeness (QED) is 0.500. The fraction of sp³-hybridized carbons (Fsp3) is 0.917. The number of carbonyl (C=O) groups is 2. The van der Waals surface area contributed by atoms with Gasteiger partial charge in [0, 0.05) is 31.0 Å². The van der Waals surface area contributed by atoms with Crippen LogP contribution in [0.3, 0.4) is 0 Å². The lowest BCUT2D eigenvalue weighted by atomic mass is 9.41. The average molecular weight is 441 g/mol. The highest BCUT2D eigenvalue weighted by Gasteiger charge is 2.75. The maximum absolute atomic E-state index is 13.3. The third-order valence-corrected chi connectivity index (χ3v) is 8.61. The zero-order valence-electron chi connectivity index (χ0n) is 20.1. The highest BCUT2D eigenvalue weighted by molar-refractivity contribution is 5.87. The summed E-state index contributed by atoms with van der Waals surface area (Å²) in [7, 11) is 1.53. The number of aliphatic hydroxyl groups is 2. The van der Waals surface area contributed by atoms with Crippen LogP contribution < -0.4 is 0 Å². The van der Waals surface area contributed by atoms with Crippen LogP contribution in [0.1, 0.15) is 67.2 Å². The predicted molar refractivity (Wildman–Crippen MR) is 114 cm³/mol. The molecule has 0 aliphatic heterocycles. The van der Waals surface area contributed by atoms with Crippen molar-refractivity contribution in [2.75, 3.05) is 20.5 Å². The Hall–Kier alpha value is -1.02. The highest BCUT2D eigenvalue weighted by Crippen LogP contribution is 2.70. The van der Waals surface area contributed by atoms with Crippen molar-refractivity contribution in [1.29, 1.82) is 0 Å². The summed E-state index contributed by atoms with van der Waals surface area (Å²) >= 11 is 0. The van der Waals surface area contributed by atoms with Gasteiger partial charge in [-0.3, -0.25) is 9.59 Å². The monoisotopic (exact) mass is 440 g/mol. The zero-order chi connectivity index (χ0) is 23.4. The van der Waals surface area contributed by atoms with E-state index in [1.165, 1.54) is 7.11 Å². The number of carbonyl (C=O) groups excluding carboxylic acids is 2. The van der Waals surface area contributed by atoms with Crippen molar-refractivity contribution in [3.8, 4) is 0 Å². The van der Waals surface area contributed by atoms with Crippen LogP contribution in [0.4, 0.5) is 0 Å². The van der Waals surface area contributed by atoms with Crippen LogP contribution in [0.25, 0.3) is 0 Å². The Balaban J connectivity index is 2.06. The number of ketones is 1.